The quantitative estimate of drug-likeness (QED) is 0.623. The van der Waals surface area contributed by atoms with Crippen LogP contribution in [0.3, 0.4) is 0 Å². The van der Waals surface area contributed by atoms with E-state index in [1.54, 1.807) is 19.2 Å². The molecule has 1 saturated carbocycles. The summed E-state index contributed by atoms with van der Waals surface area (Å²) in [5.74, 6) is 3.05. The van der Waals surface area contributed by atoms with E-state index >= 15 is 0 Å². The number of nitrogens with one attached hydrogen (secondary N) is 2. The Morgan fingerprint density at radius 1 is 1.20 bits per heavy atom. The third-order valence-corrected chi connectivity index (χ3v) is 6.37. The lowest BCUT2D eigenvalue weighted by molar-refractivity contribution is 0.107. The summed E-state index contributed by atoms with van der Waals surface area (Å²) >= 11 is 2.06. The fourth-order valence-electron chi connectivity index (χ4n) is 3.97. The molecule has 1 heterocycles. The Hall–Kier alpha value is -1.27. The molecule has 0 unspecified atom stereocenters. The molecule has 0 bridgehead atoms. The lowest BCUT2D eigenvalue weighted by Crippen LogP contribution is -2.57. The molecular weight excluding hydrogens is 335 g/mol. The first kappa shape index (κ1) is 18.5. The molecule has 1 saturated heterocycles. The Morgan fingerprint density at radius 2 is 1.92 bits per heavy atom. The predicted molar refractivity (Wildman–Crippen MR) is 105 cm³/mol. The fourth-order valence-corrected chi connectivity index (χ4v) is 4.87. The van der Waals surface area contributed by atoms with E-state index in [-0.39, 0.29) is 11.4 Å². The minimum atomic E-state index is -0.177. The maximum atomic E-state index is 13.8. The maximum Gasteiger partial charge on any atom is 0.191 e. The van der Waals surface area contributed by atoms with Crippen molar-refractivity contribution >= 4 is 17.7 Å². The first-order valence-electron chi connectivity index (χ1n) is 9.24. The van der Waals surface area contributed by atoms with Crippen LogP contribution in [-0.2, 0) is 6.54 Å². The largest absolute Gasteiger partial charge is 0.355 e. The molecule has 2 N–H and O–H groups in total. The highest BCUT2D eigenvalue weighted by Crippen LogP contribution is 2.36. The van der Waals surface area contributed by atoms with E-state index in [1.165, 1.54) is 56.3 Å². The van der Waals surface area contributed by atoms with Crippen molar-refractivity contribution in [3.05, 3.63) is 35.6 Å². The number of guanidine groups is 1. The van der Waals surface area contributed by atoms with E-state index in [1.807, 2.05) is 6.07 Å². The van der Waals surface area contributed by atoms with Crippen LogP contribution >= 0.6 is 11.8 Å². The van der Waals surface area contributed by atoms with Crippen molar-refractivity contribution in [1.29, 1.82) is 0 Å². The van der Waals surface area contributed by atoms with Crippen LogP contribution in [0.25, 0.3) is 0 Å². The molecule has 4 nitrogen and oxygen atoms in total. The average Bonchev–Trinajstić information content (AvgIpc) is 3.14. The van der Waals surface area contributed by atoms with Crippen LogP contribution in [0.4, 0.5) is 4.39 Å². The minimum absolute atomic E-state index is 0.177. The summed E-state index contributed by atoms with van der Waals surface area (Å²) in [6.45, 7) is 3.73. The monoisotopic (exact) mass is 364 g/mol. The van der Waals surface area contributed by atoms with Gasteiger partial charge in [-0.15, -0.1) is 0 Å². The summed E-state index contributed by atoms with van der Waals surface area (Å²) < 4.78 is 13.8. The molecule has 0 aromatic heterocycles. The van der Waals surface area contributed by atoms with Crippen molar-refractivity contribution in [2.75, 3.05) is 38.2 Å². The molecular formula is C19H29FN4S. The highest BCUT2D eigenvalue weighted by Gasteiger charge is 2.39. The highest BCUT2D eigenvalue weighted by atomic mass is 32.2. The zero-order chi connectivity index (χ0) is 17.5. The van der Waals surface area contributed by atoms with Gasteiger partial charge in [0.2, 0.25) is 0 Å². The van der Waals surface area contributed by atoms with Crippen molar-refractivity contribution in [2.24, 2.45) is 4.99 Å². The van der Waals surface area contributed by atoms with Gasteiger partial charge >= 0.3 is 0 Å². The van der Waals surface area contributed by atoms with Crippen LogP contribution in [-0.4, -0.2) is 54.6 Å². The summed E-state index contributed by atoms with van der Waals surface area (Å²) in [4.78, 5) is 7.01. The van der Waals surface area contributed by atoms with Gasteiger partial charge in [-0.3, -0.25) is 9.89 Å². The van der Waals surface area contributed by atoms with Gasteiger partial charge in [0.15, 0.2) is 5.96 Å². The van der Waals surface area contributed by atoms with Gasteiger partial charge in [0.05, 0.1) is 0 Å². The Bertz CT molecular complexity index is 581. The van der Waals surface area contributed by atoms with Gasteiger partial charge in [-0.05, 0) is 18.9 Å². The van der Waals surface area contributed by atoms with Crippen LogP contribution in [0.15, 0.2) is 29.3 Å². The molecule has 0 spiro atoms. The second-order valence-corrected chi connectivity index (χ2v) is 8.13. The molecule has 2 aliphatic rings. The lowest BCUT2D eigenvalue weighted by atomic mass is 9.94. The SMILES string of the molecule is CN=C(NCc1ccccc1F)NCC1(N2CCSCC2)CCCC1. The molecule has 3 rings (SSSR count). The van der Waals surface area contributed by atoms with Crippen LogP contribution in [0.1, 0.15) is 31.2 Å². The third kappa shape index (κ3) is 4.67. The Morgan fingerprint density at radius 3 is 2.60 bits per heavy atom. The van der Waals surface area contributed by atoms with E-state index in [0.717, 1.165) is 12.5 Å². The summed E-state index contributed by atoms with van der Waals surface area (Å²) in [5, 5.41) is 6.75. The minimum Gasteiger partial charge on any atom is -0.355 e. The van der Waals surface area contributed by atoms with Crippen molar-refractivity contribution < 1.29 is 4.39 Å². The number of nitrogens with zero attached hydrogens (tertiary/aromatic N) is 2. The lowest BCUT2D eigenvalue weighted by Gasteiger charge is -2.43. The number of hydrogen-bond acceptors (Lipinski definition) is 3. The summed E-state index contributed by atoms with van der Waals surface area (Å²) in [6.07, 6.45) is 5.14. The van der Waals surface area contributed by atoms with Gasteiger partial charge in [0.25, 0.3) is 0 Å². The molecule has 0 atom stereocenters. The van der Waals surface area contributed by atoms with E-state index in [9.17, 15) is 4.39 Å². The van der Waals surface area contributed by atoms with Gasteiger partial charge in [-0.25, -0.2) is 4.39 Å². The van der Waals surface area contributed by atoms with Gasteiger partial charge in [0.1, 0.15) is 5.82 Å². The van der Waals surface area contributed by atoms with E-state index < -0.39 is 0 Å². The van der Waals surface area contributed by atoms with Crippen molar-refractivity contribution in [2.45, 2.75) is 37.8 Å². The molecule has 2 fully saturated rings. The first-order chi connectivity index (χ1) is 12.2. The van der Waals surface area contributed by atoms with Crippen molar-refractivity contribution in [3.63, 3.8) is 0 Å². The highest BCUT2D eigenvalue weighted by molar-refractivity contribution is 7.99. The Balaban J connectivity index is 1.56. The molecule has 6 heteroatoms. The van der Waals surface area contributed by atoms with Crippen LogP contribution < -0.4 is 10.6 Å². The van der Waals surface area contributed by atoms with E-state index in [0.29, 0.717) is 12.1 Å². The number of halogens is 1. The van der Waals surface area contributed by atoms with Crippen LogP contribution in [0, 0.1) is 5.82 Å². The third-order valence-electron chi connectivity index (χ3n) is 5.43. The molecule has 0 amide bonds. The molecule has 25 heavy (non-hydrogen) atoms. The zero-order valence-electron chi connectivity index (χ0n) is 15.1. The van der Waals surface area contributed by atoms with Gasteiger partial charge < -0.3 is 10.6 Å². The second kappa shape index (κ2) is 8.90. The number of benzene rings is 1. The fraction of sp³-hybridized carbons (Fsp3) is 0.632. The zero-order valence-corrected chi connectivity index (χ0v) is 15.9. The predicted octanol–water partition coefficient (Wildman–Crippen LogP) is 2.85. The normalized spacial score (nSPS) is 21.3. The topological polar surface area (TPSA) is 39.7 Å². The number of aliphatic imine (C=N–C) groups is 1. The molecule has 0 radical (unpaired) electrons. The standard InChI is InChI=1S/C19H29FN4S/c1-21-18(22-14-16-6-2-3-7-17(16)20)23-15-19(8-4-5-9-19)24-10-12-25-13-11-24/h2-3,6-7H,4-5,8-15H2,1H3,(H2,21,22,23). The summed E-state index contributed by atoms with van der Waals surface area (Å²) in [7, 11) is 1.77. The number of thioether (sulfide) groups is 1. The Kier molecular flexibility index (Phi) is 6.59. The van der Waals surface area contributed by atoms with Crippen LogP contribution in [0.5, 0.6) is 0 Å². The van der Waals surface area contributed by atoms with E-state index in [4.69, 9.17) is 0 Å². The van der Waals surface area contributed by atoms with Gasteiger partial charge in [0, 0.05) is 55.8 Å². The molecule has 1 aliphatic carbocycles. The summed E-state index contributed by atoms with van der Waals surface area (Å²) in [6, 6.07) is 6.87. The molecule has 138 valence electrons. The average molecular weight is 365 g/mol. The molecule has 1 aromatic rings. The second-order valence-electron chi connectivity index (χ2n) is 6.90. The number of hydrogen-bond donors (Lipinski definition) is 2. The molecule has 1 aromatic carbocycles. The maximum absolute atomic E-state index is 13.8. The van der Waals surface area contributed by atoms with E-state index in [2.05, 4.69) is 32.3 Å². The summed E-state index contributed by atoms with van der Waals surface area (Å²) in [5.41, 5.74) is 0.922. The van der Waals surface area contributed by atoms with Crippen LogP contribution in [0.2, 0.25) is 0 Å². The first-order valence-corrected chi connectivity index (χ1v) is 10.4. The van der Waals surface area contributed by atoms with Crippen molar-refractivity contribution in [3.8, 4) is 0 Å². The van der Waals surface area contributed by atoms with Crippen molar-refractivity contribution in [1.82, 2.24) is 15.5 Å². The molecule has 1 aliphatic heterocycles. The smallest absolute Gasteiger partial charge is 0.191 e. The Labute approximate surface area is 154 Å². The number of rotatable bonds is 5. The van der Waals surface area contributed by atoms with Gasteiger partial charge in [-0.2, -0.15) is 11.8 Å². The van der Waals surface area contributed by atoms with Gasteiger partial charge in [-0.1, -0.05) is 31.0 Å².